The van der Waals surface area contributed by atoms with Crippen LogP contribution in [0.25, 0.3) is 31.4 Å². The second-order valence-corrected chi connectivity index (χ2v) is 10.6. The Balaban J connectivity index is 0.00000370. The summed E-state index contributed by atoms with van der Waals surface area (Å²) in [6.45, 7) is 1.05. The molecule has 0 saturated heterocycles. The Morgan fingerprint density at radius 3 is 2.50 bits per heavy atom. The van der Waals surface area contributed by atoms with Crippen molar-refractivity contribution in [3.63, 3.8) is 0 Å². The first-order chi connectivity index (χ1) is 18.6. The number of hydrogen-bond donors (Lipinski definition) is 2. The van der Waals surface area contributed by atoms with Crippen LogP contribution in [0.15, 0.2) is 53.6 Å². The third-order valence-corrected chi connectivity index (χ3v) is 8.02. The first-order valence-corrected chi connectivity index (χ1v) is 13.5. The minimum atomic E-state index is -4.26. The quantitative estimate of drug-likeness (QED) is 0.196. The van der Waals surface area contributed by atoms with Gasteiger partial charge in [-0.3, -0.25) is 14.9 Å². The Morgan fingerprint density at radius 1 is 1.12 bits per heavy atom. The van der Waals surface area contributed by atoms with Gasteiger partial charge >= 0.3 is 6.18 Å². The van der Waals surface area contributed by atoms with Crippen molar-refractivity contribution in [3.8, 4) is 26.9 Å². The predicted molar refractivity (Wildman–Crippen MR) is 152 cm³/mol. The number of fused-ring (bicyclic) bond motifs is 1. The number of halogens is 4. The fraction of sp³-hybridized carbons (Fsp3) is 0.231. The number of benzene rings is 1. The number of carbonyl (C=O) groups excluding carboxylic acids is 2. The molecule has 1 aliphatic heterocycles. The largest absolute Gasteiger partial charge is 0.492 e. The fourth-order valence-corrected chi connectivity index (χ4v) is 5.93. The molecule has 0 radical (unpaired) electrons. The van der Waals surface area contributed by atoms with Gasteiger partial charge in [0.25, 0.3) is 11.8 Å². The zero-order chi connectivity index (χ0) is 27.7. The molecule has 40 heavy (non-hydrogen) atoms. The third kappa shape index (κ3) is 6.28. The van der Waals surface area contributed by atoms with Crippen LogP contribution in [0.5, 0.6) is 5.75 Å². The van der Waals surface area contributed by atoms with E-state index in [9.17, 15) is 22.8 Å². The second kappa shape index (κ2) is 11.9. The molecule has 4 heterocycles. The van der Waals surface area contributed by atoms with E-state index in [1.54, 1.807) is 24.1 Å². The molecule has 3 aromatic heterocycles. The average Bonchev–Trinajstić information content (AvgIpc) is 3.62. The molecule has 210 valence electrons. The van der Waals surface area contributed by atoms with E-state index < -0.39 is 24.5 Å². The number of amides is 2. The van der Waals surface area contributed by atoms with Crippen molar-refractivity contribution in [3.05, 3.63) is 59.1 Å². The highest BCUT2D eigenvalue weighted by atomic mass is 35.5. The number of anilines is 1. The molecule has 1 aromatic carbocycles. The summed E-state index contributed by atoms with van der Waals surface area (Å²) < 4.78 is 42.3. The van der Waals surface area contributed by atoms with Gasteiger partial charge in [0.2, 0.25) is 0 Å². The van der Waals surface area contributed by atoms with E-state index in [0.717, 1.165) is 31.1 Å². The number of alkyl halides is 3. The maximum Gasteiger partial charge on any atom is 0.401 e. The number of carbonyl (C=O) groups is 2. The highest BCUT2D eigenvalue weighted by Gasteiger charge is 2.29. The van der Waals surface area contributed by atoms with Crippen molar-refractivity contribution in [2.75, 3.05) is 31.6 Å². The van der Waals surface area contributed by atoms with Crippen molar-refractivity contribution >= 4 is 62.9 Å². The first kappa shape index (κ1) is 29.5. The number of ether oxygens (including phenoxy) is 1. The van der Waals surface area contributed by atoms with Gasteiger partial charge in [-0.25, -0.2) is 9.97 Å². The summed E-state index contributed by atoms with van der Waals surface area (Å²) >= 11 is 2.98. The fourth-order valence-electron chi connectivity index (χ4n) is 4.09. The Kier molecular flexibility index (Phi) is 8.78. The molecule has 2 amide bonds. The number of likely N-dealkylation sites (N-methyl/N-ethyl adjacent to an activating group) is 1. The van der Waals surface area contributed by atoms with E-state index >= 15 is 0 Å². The predicted octanol–water partition coefficient (Wildman–Crippen LogP) is 5.32. The average molecular weight is 610 g/mol. The molecular formula is C26H23ClF3N5O3S2. The molecule has 4 aromatic rings. The Labute approximate surface area is 241 Å². The molecule has 0 atom stereocenters. The lowest BCUT2D eigenvalue weighted by Gasteiger charge is -2.19. The van der Waals surface area contributed by atoms with Crippen LogP contribution < -0.4 is 20.3 Å². The molecule has 8 nitrogen and oxygen atoms in total. The molecule has 0 unspecified atom stereocenters. The Hall–Kier alpha value is -3.52. The zero-order valence-electron chi connectivity index (χ0n) is 21.2. The maximum atomic E-state index is 12.4. The minimum Gasteiger partial charge on any atom is -0.492 e. The second-order valence-electron chi connectivity index (χ2n) is 8.66. The number of nitrogens with one attached hydrogen (secondary N) is 2. The number of nitrogens with zero attached hydrogens (tertiary/aromatic N) is 3. The molecule has 2 N–H and O–H groups in total. The summed E-state index contributed by atoms with van der Waals surface area (Å²) in [5.41, 5.74) is 2.00. The lowest BCUT2D eigenvalue weighted by Crippen LogP contribution is -2.31. The van der Waals surface area contributed by atoms with Crippen LogP contribution in [0.4, 0.5) is 19.0 Å². The first-order valence-electron chi connectivity index (χ1n) is 11.8. The van der Waals surface area contributed by atoms with Crippen LogP contribution in [0, 0.1) is 6.92 Å². The highest BCUT2D eigenvalue weighted by molar-refractivity contribution is 7.22. The maximum absolute atomic E-state index is 12.4. The minimum absolute atomic E-state index is 0. The van der Waals surface area contributed by atoms with E-state index in [-0.39, 0.29) is 31.3 Å². The van der Waals surface area contributed by atoms with Crippen molar-refractivity contribution < 1.29 is 27.5 Å². The van der Waals surface area contributed by atoms with E-state index in [4.69, 9.17) is 14.7 Å². The molecule has 14 heteroatoms. The van der Waals surface area contributed by atoms with Crippen LogP contribution in [0.2, 0.25) is 0 Å². The molecule has 0 bridgehead atoms. The number of imide groups is 1. The van der Waals surface area contributed by atoms with Gasteiger partial charge in [0, 0.05) is 24.5 Å². The van der Waals surface area contributed by atoms with Crippen molar-refractivity contribution in [2.45, 2.75) is 13.1 Å². The monoisotopic (exact) mass is 609 g/mol. The summed E-state index contributed by atoms with van der Waals surface area (Å²) in [6, 6.07) is 11.1. The number of aryl methyl sites for hydroxylation is 1. The van der Waals surface area contributed by atoms with Gasteiger partial charge in [0.15, 0.2) is 5.82 Å². The summed E-state index contributed by atoms with van der Waals surface area (Å²) in [5, 5.41) is 7.26. The number of aromatic nitrogens is 2. The van der Waals surface area contributed by atoms with Crippen LogP contribution in [0.1, 0.15) is 5.56 Å². The molecule has 0 fully saturated rings. The summed E-state index contributed by atoms with van der Waals surface area (Å²) in [4.78, 5) is 38.0. The number of rotatable bonds is 9. The smallest absolute Gasteiger partial charge is 0.401 e. The standard InChI is InChI=1S/C26H22F3N5O3S2.ClH/c1-14-20-23(34(2)17-12-19(35)31-24(17)36)32-22(18-4-3-11-38-18)33-25(20)39-21(14)15-5-7-16(8-6-15)37-10-9-30-13-26(27,28)29;/h3-8,11-12,30H,9-10,13H2,1-2H3,(H,31,35,36);1H. The van der Waals surface area contributed by atoms with Crippen molar-refractivity contribution in [1.82, 2.24) is 20.6 Å². The highest BCUT2D eigenvalue weighted by Crippen LogP contribution is 2.43. The van der Waals surface area contributed by atoms with Gasteiger partial charge in [-0.1, -0.05) is 6.07 Å². The number of hydrogen-bond acceptors (Lipinski definition) is 9. The molecule has 0 spiro atoms. The third-order valence-electron chi connectivity index (χ3n) is 5.92. The molecule has 0 aliphatic carbocycles. The van der Waals surface area contributed by atoms with Gasteiger partial charge in [0.1, 0.15) is 28.7 Å². The SMILES string of the molecule is Cc1c(-c2ccc(OCCNCC(F)(F)F)cc2)sc2nc(-c3cccs3)nc(N(C)C3=CC(=O)NC3=O)c12.Cl. The van der Waals surface area contributed by atoms with Gasteiger partial charge in [-0.15, -0.1) is 35.1 Å². The van der Waals surface area contributed by atoms with Crippen LogP contribution in [0.3, 0.4) is 0 Å². The van der Waals surface area contributed by atoms with E-state index in [0.29, 0.717) is 17.4 Å². The molecule has 1 aliphatic rings. The Bertz CT molecular complexity index is 1570. The topological polar surface area (TPSA) is 96.4 Å². The lowest BCUT2D eigenvalue weighted by molar-refractivity contribution is -0.125. The van der Waals surface area contributed by atoms with Gasteiger partial charge < -0.3 is 15.0 Å². The zero-order valence-corrected chi connectivity index (χ0v) is 23.6. The van der Waals surface area contributed by atoms with Crippen molar-refractivity contribution in [2.24, 2.45) is 0 Å². The van der Waals surface area contributed by atoms with E-state index in [1.807, 2.05) is 36.6 Å². The van der Waals surface area contributed by atoms with Crippen LogP contribution in [-0.4, -0.2) is 54.7 Å². The van der Waals surface area contributed by atoms with Crippen molar-refractivity contribution in [1.29, 1.82) is 0 Å². The van der Waals surface area contributed by atoms with E-state index in [2.05, 4.69) is 10.6 Å². The van der Waals surface area contributed by atoms with E-state index in [1.165, 1.54) is 28.7 Å². The molecule has 5 rings (SSSR count). The molecule has 0 saturated carbocycles. The normalized spacial score (nSPS) is 13.3. The van der Waals surface area contributed by atoms with Gasteiger partial charge in [0.05, 0.1) is 16.8 Å². The lowest BCUT2D eigenvalue weighted by atomic mass is 10.1. The number of thiophene rings is 2. The van der Waals surface area contributed by atoms with Gasteiger partial charge in [-0.2, -0.15) is 13.2 Å². The summed E-state index contributed by atoms with van der Waals surface area (Å²) in [5.74, 6) is 0.581. The van der Waals surface area contributed by atoms with Gasteiger partial charge in [-0.05, 0) is 53.8 Å². The summed E-state index contributed by atoms with van der Waals surface area (Å²) in [7, 11) is 1.69. The van der Waals surface area contributed by atoms with Crippen LogP contribution >= 0.6 is 35.1 Å². The Morgan fingerprint density at radius 2 is 1.88 bits per heavy atom. The van der Waals surface area contributed by atoms with Crippen LogP contribution in [-0.2, 0) is 9.59 Å². The molecular weight excluding hydrogens is 587 g/mol. The summed E-state index contributed by atoms with van der Waals surface area (Å²) in [6.07, 6.45) is -3.01.